The van der Waals surface area contributed by atoms with Gasteiger partial charge in [-0.25, -0.2) is 0 Å². The van der Waals surface area contributed by atoms with Crippen LogP contribution in [0.25, 0.3) is 6.08 Å². The Morgan fingerprint density at radius 2 is 1.71 bits per heavy atom. The molecule has 1 N–H and O–H groups in total. The molecule has 0 spiro atoms. The number of rotatable bonds is 6. The molecule has 1 aromatic carbocycles. The van der Waals surface area contributed by atoms with E-state index in [-0.39, 0.29) is 18.8 Å². The van der Waals surface area contributed by atoms with Crippen LogP contribution < -0.4 is 0 Å². The Balaban J connectivity index is 0.00000220. The molecule has 1 aliphatic rings. The topological polar surface area (TPSA) is 43.8 Å². The monoisotopic (exact) mass is 310 g/mol. The molecule has 0 aromatic heterocycles. The van der Waals surface area contributed by atoms with Gasteiger partial charge in [-0.15, -0.1) is 12.4 Å². The second-order valence-corrected chi connectivity index (χ2v) is 5.10. The van der Waals surface area contributed by atoms with Gasteiger partial charge in [-0.2, -0.15) is 0 Å². The normalized spacial score (nSPS) is 16.8. The smallest absolute Gasteiger partial charge is 0.304 e. The zero-order valence-corrected chi connectivity index (χ0v) is 13.0. The number of carbonyl (C=O) groups is 1. The van der Waals surface area contributed by atoms with Crippen molar-refractivity contribution in [3.05, 3.63) is 42.0 Å². The highest BCUT2D eigenvalue weighted by Crippen LogP contribution is 2.05. The van der Waals surface area contributed by atoms with Crippen molar-refractivity contribution in [2.45, 2.75) is 6.42 Å². The number of benzene rings is 1. The highest BCUT2D eigenvalue weighted by atomic mass is 35.5. The van der Waals surface area contributed by atoms with Gasteiger partial charge in [0, 0.05) is 39.3 Å². The first-order chi connectivity index (χ1) is 9.74. The molecule has 0 unspecified atom stereocenters. The number of hydrogen-bond acceptors (Lipinski definition) is 3. The standard InChI is InChI=1S/C16H22N2O2.ClH/c19-16(20)8-10-18-13-11-17(12-14-18)9-4-7-15-5-2-1-3-6-15;/h1-7H,8-14H2,(H,19,20);1H/b7-4+;. The lowest BCUT2D eigenvalue weighted by Gasteiger charge is -2.33. The van der Waals surface area contributed by atoms with Crippen molar-refractivity contribution in [3.8, 4) is 0 Å². The lowest BCUT2D eigenvalue weighted by Crippen LogP contribution is -2.46. The minimum Gasteiger partial charge on any atom is -0.481 e. The molecule has 1 fully saturated rings. The second kappa shape index (κ2) is 9.55. The predicted octanol–water partition coefficient (Wildman–Crippen LogP) is 2.21. The Morgan fingerprint density at radius 1 is 1.10 bits per heavy atom. The average Bonchev–Trinajstić information content (AvgIpc) is 2.47. The molecule has 0 saturated carbocycles. The summed E-state index contributed by atoms with van der Waals surface area (Å²) in [7, 11) is 0. The van der Waals surface area contributed by atoms with Gasteiger partial charge in [0.2, 0.25) is 0 Å². The molecule has 1 saturated heterocycles. The maximum absolute atomic E-state index is 10.5. The molecule has 0 bridgehead atoms. The van der Waals surface area contributed by atoms with Crippen LogP contribution in [-0.4, -0.2) is 60.1 Å². The molecular weight excluding hydrogens is 288 g/mol. The molecule has 1 aromatic rings. The van der Waals surface area contributed by atoms with E-state index in [1.54, 1.807) is 0 Å². The lowest BCUT2D eigenvalue weighted by atomic mass is 10.2. The van der Waals surface area contributed by atoms with Crippen LogP contribution in [0.4, 0.5) is 0 Å². The van der Waals surface area contributed by atoms with E-state index in [2.05, 4.69) is 34.1 Å². The molecule has 0 aliphatic carbocycles. The first-order valence-electron chi connectivity index (χ1n) is 7.12. The van der Waals surface area contributed by atoms with Crippen molar-refractivity contribution in [2.24, 2.45) is 0 Å². The first kappa shape index (κ1) is 17.7. The molecule has 0 amide bonds. The van der Waals surface area contributed by atoms with Gasteiger partial charge in [-0.1, -0.05) is 42.5 Å². The van der Waals surface area contributed by atoms with E-state index in [4.69, 9.17) is 5.11 Å². The van der Waals surface area contributed by atoms with Gasteiger partial charge in [0.25, 0.3) is 0 Å². The quantitative estimate of drug-likeness (QED) is 0.875. The lowest BCUT2D eigenvalue weighted by molar-refractivity contribution is -0.137. The van der Waals surface area contributed by atoms with Crippen LogP contribution in [-0.2, 0) is 4.79 Å². The number of halogens is 1. The van der Waals surface area contributed by atoms with Gasteiger partial charge in [-0.05, 0) is 5.56 Å². The van der Waals surface area contributed by atoms with Crippen LogP contribution in [0.3, 0.4) is 0 Å². The first-order valence-corrected chi connectivity index (χ1v) is 7.12. The fraction of sp³-hybridized carbons (Fsp3) is 0.438. The zero-order chi connectivity index (χ0) is 14.2. The van der Waals surface area contributed by atoms with Crippen molar-refractivity contribution >= 4 is 24.5 Å². The van der Waals surface area contributed by atoms with Crippen LogP contribution >= 0.6 is 12.4 Å². The summed E-state index contributed by atoms with van der Waals surface area (Å²) in [5.41, 5.74) is 1.23. The number of piperazine rings is 1. The van der Waals surface area contributed by atoms with E-state index in [1.165, 1.54) is 5.56 Å². The Labute approximate surface area is 132 Å². The summed E-state index contributed by atoms with van der Waals surface area (Å²) in [4.78, 5) is 15.2. The maximum Gasteiger partial charge on any atom is 0.304 e. The van der Waals surface area contributed by atoms with Crippen molar-refractivity contribution < 1.29 is 9.90 Å². The molecule has 4 nitrogen and oxygen atoms in total. The molecule has 1 aliphatic heterocycles. The van der Waals surface area contributed by atoms with E-state index < -0.39 is 5.97 Å². The number of aliphatic carboxylic acids is 1. The van der Waals surface area contributed by atoms with Gasteiger partial charge in [0.05, 0.1) is 6.42 Å². The summed E-state index contributed by atoms with van der Waals surface area (Å²) in [6.07, 6.45) is 4.59. The molecule has 5 heteroatoms. The van der Waals surface area contributed by atoms with Gasteiger partial charge < -0.3 is 10.0 Å². The number of carboxylic acid groups (broad SMARTS) is 1. The van der Waals surface area contributed by atoms with Crippen LogP contribution in [0.15, 0.2) is 36.4 Å². The van der Waals surface area contributed by atoms with Crippen molar-refractivity contribution in [1.29, 1.82) is 0 Å². The van der Waals surface area contributed by atoms with Gasteiger partial charge >= 0.3 is 5.97 Å². The molecule has 1 heterocycles. The molecule has 116 valence electrons. The third-order valence-corrected chi connectivity index (χ3v) is 3.58. The van der Waals surface area contributed by atoms with Gasteiger partial charge in [0.15, 0.2) is 0 Å². The largest absolute Gasteiger partial charge is 0.481 e. The third-order valence-electron chi connectivity index (χ3n) is 3.58. The molecule has 2 rings (SSSR count). The van der Waals surface area contributed by atoms with Gasteiger partial charge in [0.1, 0.15) is 0 Å². The highest BCUT2D eigenvalue weighted by molar-refractivity contribution is 5.85. The van der Waals surface area contributed by atoms with Gasteiger partial charge in [-0.3, -0.25) is 9.69 Å². The summed E-state index contributed by atoms with van der Waals surface area (Å²) < 4.78 is 0. The fourth-order valence-corrected chi connectivity index (χ4v) is 2.35. The minimum absolute atomic E-state index is 0. The Bertz CT molecular complexity index is 443. The van der Waals surface area contributed by atoms with Crippen molar-refractivity contribution in [3.63, 3.8) is 0 Å². The Morgan fingerprint density at radius 3 is 2.33 bits per heavy atom. The number of hydrogen-bond donors (Lipinski definition) is 1. The van der Waals surface area contributed by atoms with E-state index in [0.717, 1.165) is 32.7 Å². The summed E-state index contributed by atoms with van der Waals surface area (Å²) in [5.74, 6) is -0.710. The molecule has 21 heavy (non-hydrogen) atoms. The summed E-state index contributed by atoms with van der Waals surface area (Å²) in [6, 6.07) is 10.3. The van der Waals surface area contributed by atoms with E-state index in [9.17, 15) is 4.79 Å². The third kappa shape index (κ3) is 6.76. The van der Waals surface area contributed by atoms with Crippen LogP contribution in [0.2, 0.25) is 0 Å². The summed E-state index contributed by atoms with van der Waals surface area (Å²) in [6.45, 7) is 5.58. The van der Waals surface area contributed by atoms with E-state index in [1.807, 2.05) is 18.2 Å². The Hall–Kier alpha value is -1.36. The Kier molecular flexibility index (Phi) is 8.05. The van der Waals surface area contributed by atoms with E-state index >= 15 is 0 Å². The van der Waals surface area contributed by atoms with Crippen molar-refractivity contribution in [2.75, 3.05) is 39.3 Å². The predicted molar refractivity (Wildman–Crippen MR) is 87.9 cm³/mol. The van der Waals surface area contributed by atoms with Crippen LogP contribution in [0, 0.1) is 0 Å². The second-order valence-electron chi connectivity index (χ2n) is 5.10. The van der Waals surface area contributed by atoms with E-state index in [0.29, 0.717) is 6.54 Å². The summed E-state index contributed by atoms with van der Waals surface area (Å²) >= 11 is 0. The number of carboxylic acids is 1. The zero-order valence-electron chi connectivity index (χ0n) is 12.1. The van der Waals surface area contributed by atoms with Crippen LogP contribution in [0.5, 0.6) is 0 Å². The highest BCUT2D eigenvalue weighted by Gasteiger charge is 2.15. The fourth-order valence-electron chi connectivity index (χ4n) is 2.35. The molecular formula is C16H23ClN2O2. The molecule has 0 atom stereocenters. The maximum atomic E-state index is 10.5. The van der Waals surface area contributed by atoms with Crippen molar-refractivity contribution in [1.82, 2.24) is 9.80 Å². The SMILES string of the molecule is Cl.O=C(O)CCN1CCN(C/C=C/c2ccccc2)CC1. The summed E-state index contributed by atoms with van der Waals surface area (Å²) in [5, 5.41) is 8.67. The average molecular weight is 311 g/mol. The number of nitrogens with zero attached hydrogens (tertiary/aromatic N) is 2. The minimum atomic E-state index is -0.710. The molecule has 0 radical (unpaired) electrons. The van der Waals surface area contributed by atoms with Crippen LogP contribution in [0.1, 0.15) is 12.0 Å².